The fourth-order valence-electron chi connectivity index (χ4n) is 1.43. The SMILES string of the molecule is CSCCCCCNC(=O)C1(C#N)CC1. The Morgan fingerprint density at radius 1 is 1.47 bits per heavy atom. The number of carbonyl (C=O) groups is 1. The fourth-order valence-corrected chi connectivity index (χ4v) is 1.93. The monoisotopic (exact) mass is 226 g/mol. The van der Waals surface area contributed by atoms with Crippen LogP contribution >= 0.6 is 11.8 Å². The Hall–Kier alpha value is -0.690. The van der Waals surface area contributed by atoms with Gasteiger partial charge in [0.1, 0.15) is 5.41 Å². The lowest BCUT2D eigenvalue weighted by molar-refractivity contribution is -0.124. The maximum absolute atomic E-state index is 11.5. The molecule has 15 heavy (non-hydrogen) atoms. The van der Waals surface area contributed by atoms with Crippen LogP contribution in [0.4, 0.5) is 0 Å². The van der Waals surface area contributed by atoms with Crippen LogP contribution in [-0.4, -0.2) is 24.5 Å². The Kier molecular flexibility index (Phi) is 4.97. The van der Waals surface area contributed by atoms with Gasteiger partial charge in [0, 0.05) is 6.54 Å². The van der Waals surface area contributed by atoms with E-state index in [1.807, 2.05) is 11.8 Å². The quantitative estimate of drug-likeness (QED) is 0.675. The number of nitrogens with zero attached hydrogens (tertiary/aromatic N) is 1. The van der Waals surface area contributed by atoms with Crippen molar-refractivity contribution in [2.24, 2.45) is 5.41 Å². The normalized spacial score (nSPS) is 16.8. The molecule has 1 saturated carbocycles. The van der Waals surface area contributed by atoms with Gasteiger partial charge in [-0.15, -0.1) is 0 Å². The molecule has 1 rings (SSSR count). The third kappa shape index (κ3) is 3.75. The van der Waals surface area contributed by atoms with E-state index in [0.717, 1.165) is 32.2 Å². The number of thioether (sulfide) groups is 1. The molecule has 1 aliphatic rings. The second kappa shape index (κ2) is 6.02. The number of nitriles is 1. The lowest BCUT2D eigenvalue weighted by Crippen LogP contribution is -2.31. The number of amides is 1. The van der Waals surface area contributed by atoms with Crippen molar-refractivity contribution < 1.29 is 4.79 Å². The van der Waals surface area contributed by atoms with E-state index in [1.165, 1.54) is 12.2 Å². The minimum Gasteiger partial charge on any atom is -0.355 e. The average molecular weight is 226 g/mol. The van der Waals surface area contributed by atoms with E-state index < -0.39 is 5.41 Å². The lowest BCUT2D eigenvalue weighted by atomic mass is 10.1. The predicted molar refractivity (Wildman–Crippen MR) is 62.5 cm³/mol. The highest BCUT2D eigenvalue weighted by Crippen LogP contribution is 2.44. The molecule has 84 valence electrons. The van der Waals surface area contributed by atoms with Crippen molar-refractivity contribution in [3.05, 3.63) is 0 Å². The molecule has 0 heterocycles. The van der Waals surface area contributed by atoms with Gasteiger partial charge in [0.25, 0.3) is 0 Å². The molecule has 0 unspecified atom stereocenters. The van der Waals surface area contributed by atoms with Crippen LogP contribution in [0.1, 0.15) is 32.1 Å². The molecule has 0 saturated heterocycles. The molecule has 0 aromatic rings. The van der Waals surface area contributed by atoms with E-state index in [1.54, 1.807) is 0 Å². The van der Waals surface area contributed by atoms with Crippen LogP contribution in [0, 0.1) is 16.7 Å². The molecule has 4 heteroatoms. The topological polar surface area (TPSA) is 52.9 Å². The standard InChI is InChI=1S/C11H18N2OS/c1-15-8-4-2-3-7-13-10(14)11(9-12)5-6-11/h2-8H2,1H3,(H,13,14). The Morgan fingerprint density at radius 3 is 2.73 bits per heavy atom. The van der Waals surface area contributed by atoms with Gasteiger partial charge in [-0.25, -0.2) is 0 Å². The zero-order chi connectivity index (χ0) is 11.1. The Morgan fingerprint density at radius 2 is 2.20 bits per heavy atom. The third-order valence-corrected chi connectivity index (χ3v) is 3.41. The zero-order valence-corrected chi connectivity index (χ0v) is 10.0. The van der Waals surface area contributed by atoms with E-state index in [9.17, 15) is 4.79 Å². The molecule has 0 aromatic heterocycles. The first-order valence-corrected chi connectivity index (χ1v) is 6.83. The number of unbranched alkanes of at least 4 members (excludes halogenated alkanes) is 2. The van der Waals surface area contributed by atoms with Crippen LogP contribution in [0.15, 0.2) is 0 Å². The summed E-state index contributed by atoms with van der Waals surface area (Å²) in [7, 11) is 0. The number of rotatable bonds is 7. The van der Waals surface area contributed by atoms with Crippen molar-refractivity contribution in [3.8, 4) is 6.07 Å². The fraction of sp³-hybridized carbons (Fsp3) is 0.818. The van der Waals surface area contributed by atoms with Gasteiger partial charge >= 0.3 is 0 Å². The molecular weight excluding hydrogens is 208 g/mol. The number of hydrogen-bond donors (Lipinski definition) is 1. The Balaban J connectivity index is 2.01. The van der Waals surface area contributed by atoms with Crippen molar-refractivity contribution in [1.29, 1.82) is 5.26 Å². The first-order chi connectivity index (χ1) is 7.25. The van der Waals surface area contributed by atoms with Crippen molar-refractivity contribution in [2.75, 3.05) is 18.6 Å². The molecule has 1 amide bonds. The summed E-state index contributed by atoms with van der Waals surface area (Å²) in [6.45, 7) is 0.719. The second-order valence-electron chi connectivity index (χ2n) is 4.00. The van der Waals surface area contributed by atoms with E-state index in [2.05, 4.69) is 17.6 Å². The number of hydrogen-bond acceptors (Lipinski definition) is 3. The Labute approximate surface area is 95.6 Å². The van der Waals surface area contributed by atoms with Crippen molar-refractivity contribution in [3.63, 3.8) is 0 Å². The first-order valence-electron chi connectivity index (χ1n) is 5.44. The van der Waals surface area contributed by atoms with Crippen molar-refractivity contribution in [2.45, 2.75) is 32.1 Å². The smallest absolute Gasteiger partial charge is 0.240 e. The molecule has 0 radical (unpaired) electrons. The largest absolute Gasteiger partial charge is 0.355 e. The van der Waals surface area contributed by atoms with Crippen LogP contribution < -0.4 is 5.32 Å². The summed E-state index contributed by atoms with van der Waals surface area (Å²) in [5.41, 5.74) is -0.654. The average Bonchev–Trinajstić information content (AvgIpc) is 3.03. The molecule has 1 fully saturated rings. The summed E-state index contributed by atoms with van der Waals surface area (Å²) < 4.78 is 0. The predicted octanol–water partition coefficient (Wildman–Crippen LogP) is 1.94. The minimum absolute atomic E-state index is 0.0603. The highest BCUT2D eigenvalue weighted by Gasteiger charge is 2.50. The zero-order valence-electron chi connectivity index (χ0n) is 9.21. The molecule has 0 bridgehead atoms. The summed E-state index contributed by atoms with van der Waals surface area (Å²) in [6, 6.07) is 2.10. The number of nitrogens with one attached hydrogen (secondary N) is 1. The van der Waals surface area contributed by atoms with E-state index in [4.69, 9.17) is 5.26 Å². The van der Waals surface area contributed by atoms with E-state index in [-0.39, 0.29) is 5.91 Å². The van der Waals surface area contributed by atoms with Gasteiger partial charge in [0.05, 0.1) is 6.07 Å². The molecule has 1 N–H and O–H groups in total. The highest BCUT2D eigenvalue weighted by atomic mass is 32.2. The van der Waals surface area contributed by atoms with Gasteiger partial charge in [0.2, 0.25) is 5.91 Å². The van der Waals surface area contributed by atoms with Crippen LogP contribution in [0.3, 0.4) is 0 Å². The van der Waals surface area contributed by atoms with E-state index in [0.29, 0.717) is 0 Å². The maximum atomic E-state index is 11.5. The molecular formula is C11H18N2OS. The summed E-state index contributed by atoms with van der Waals surface area (Å²) in [6.07, 6.45) is 6.96. The summed E-state index contributed by atoms with van der Waals surface area (Å²) in [4.78, 5) is 11.5. The van der Waals surface area contributed by atoms with Crippen LogP contribution in [0.2, 0.25) is 0 Å². The van der Waals surface area contributed by atoms with Gasteiger partial charge in [-0.1, -0.05) is 6.42 Å². The minimum atomic E-state index is -0.654. The number of carbonyl (C=O) groups excluding carboxylic acids is 1. The van der Waals surface area contributed by atoms with Crippen LogP contribution in [0.25, 0.3) is 0 Å². The summed E-state index contributed by atoms with van der Waals surface area (Å²) in [5.74, 6) is 1.13. The third-order valence-electron chi connectivity index (χ3n) is 2.71. The molecule has 1 aliphatic carbocycles. The second-order valence-corrected chi connectivity index (χ2v) is 4.99. The molecule has 0 atom stereocenters. The summed E-state index contributed by atoms with van der Waals surface area (Å²) >= 11 is 1.85. The van der Waals surface area contributed by atoms with Crippen molar-refractivity contribution in [1.82, 2.24) is 5.32 Å². The Bertz CT molecular complexity index is 256. The van der Waals surface area contributed by atoms with Crippen LogP contribution in [0.5, 0.6) is 0 Å². The maximum Gasteiger partial charge on any atom is 0.240 e. The lowest BCUT2D eigenvalue weighted by Gasteiger charge is -2.07. The molecule has 0 spiro atoms. The van der Waals surface area contributed by atoms with Gasteiger partial charge in [-0.2, -0.15) is 17.0 Å². The first kappa shape index (κ1) is 12.4. The van der Waals surface area contributed by atoms with E-state index >= 15 is 0 Å². The molecule has 0 aliphatic heterocycles. The van der Waals surface area contributed by atoms with Gasteiger partial charge < -0.3 is 5.32 Å². The van der Waals surface area contributed by atoms with Gasteiger partial charge in [-0.3, -0.25) is 4.79 Å². The highest BCUT2D eigenvalue weighted by molar-refractivity contribution is 7.98. The van der Waals surface area contributed by atoms with Crippen molar-refractivity contribution >= 4 is 17.7 Å². The van der Waals surface area contributed by atoms with Crippen LogP contribution in [-0.2, 0) is 4.79 Å². The summed E-state index contributed by atoms with van der Waals surface area (Å²) in [5, 5.41) is 11.6. The molecule has 0 aromatic carbocycles. The van der Waals surface area contributed by atoms with Gasteiger partial charge in [-0.05, 0) is 37.7 Å². The molecule has 3 nitrogen and oxygen atoms in total. The van der Waals surface area contributed by atoms with Gasteiger partial charge in [0.15, 0.2) is 0 Å².